The number of nitrogens with zero attached hydrogens (tertiary/aromatic N) is 1. The molecule has 2 rings (SSSR count). The lowest BCUT2D eigenvalue weighted by Crippen LogP contribution is -2.28. The fraction of sp³-hybridized carbons (Fsp3) is 0.385. The highest BCUT2D eigenvalue weighted by atomic mass is 16.5. The third-order valence-corrected chi connectivity index (χ3v) is 3.21. The number of carbonyl (C=O) groups is 2. The van der Waals surface area contributed by atoms with Gasteiger partial charge in [0.15, 0.2) is 0 Å². The van der Waals surface area contributed by atoms with Crippen LogP contribution in [0.3, 0.4) is 0 Å². The lowest BCUT2D eigenvalue weighted by atomic mass is 10.1. The summed E-state index contributed by atoms with van der Waals surface area (Å²) in [6.07, 6.45) is 0.143. The zero-order valence-corrected chi connectivity index (χ0v) is 10.9. The van der Waals surface area contributed by atoms with E-state index in [9.17, 15) is 9.59 Å². The summed E-state index contributed by atoms with van der Waals surface area (Å²) < 4.78 is 10.4. The Morgan fingerprint density at radius 2 is 2.11 bits per heavy atom. The summed E-state index contributed by atoms with van der Waals surface area (Å²) >= 11 is 0. The highest BCUT2D eigenvalue weighted by Crippen LogP contribution is 2.35. The van der Waals surface area contributed by atoms with Gasteiger partial charge in [-0.05, 0) is 12.1 Å². The van der Waals surface area contributed by atoms with Crippen molar-refractivity contribution in [3.63, 3.8) is 0 Å². The summed E-state index contributed by atoms with van der Waals surface area (Å²) in [4.78, 5) is 24.6. The van der Waals surface area contributed by atoms with Gasteiger partial charge in [-0.25, -0.2) is 0 Å². The van der Waals surface area contributed by atoms with Crippen molar-refractivity contribution in [1.29, 1.82) is 0 Å². The van der Waals surface area contributed by atoms with Gasteiger partial charge in [-0.2, -0.15) is 0 Å². The maximum atomic E-state index is 11.9. The smallest absolute Gasteiger partial charge is 0.227 e. The molecule has 0 aliphatic carbocycles. The minimum atomic E-state index is -0.455. The molecule has 0 spiro atoms. The molecule has 1 saturated heterocycles. The molecule has 1 atom stereocenters. The second-order valence-corrected chi connectivity index (χ2v) is 4.35. The number of hydrogen-bond donors (Lipinski definition) is 1. The van der Waals surface area contributed by atoms with Gasteiger partial charge in [-0.15, -0.1) is 0 Å². The molecule has 0 bridgehead atoms. The van der Waals surface area contributed by atoms with Crippen LogP contribution in [0.4, 0.5) is 5.69 Å². The molecule has 1 aliphatic rings. The van der Waals surface area contributed by atoms with Gasteiger partial charge in [0, 0.05) is 19.0 Å². The monoisotopic (exact) mass is 264 g/mol. The Morgan fingerprint density at radius 3 is 2.63 bits per heavy atom. The van der Waals surface area contributed by atoms with Crippen LogP contribution in [0.5, 0.6) is 11.5 Å². The molecule has 1 aliphatic heterocycles. The molecular weight excluding hydrogens is 248 g/mol. The molecule has 2 N–H and O–H groups in total. The molecule has 0 unspecified atom stereocenters. The first kappa shape index (κ1) is 13.2. The highest BCUT2D eigenvalue weighted by Gasteiger charge is 2.35. The Kier molecular flexibility index (Phi) is 3.59. The third-order valence-electron chi connectivity index (χ3n) is 3.21. The average Bonchev–Trinajstić information content (AvgIpc) is 2.80. The van der Waals surface area contributed by atoms with Crippen LogP contribution < -0.4 is 20.1 Å². The number of hydrogen-bond acceptors (Lipinski definition) is 4. The van der Waals surface area contributed by atoms with Crippen molar-refractivity contribution in [2.45, 2.75) is 6.42 Å². The summed E-state index contributed by atoms with van der Waals surface area (Å²) in [5.41, 5.74) is 5.87. The lowest BCUT2D eigenvalue weighted by Gasteiger charge is -2.19. The number of amides is 2. The molecule has 1 fully saturated rings. The molecule has 2 amide bonds. The van der Waals surface area contributed by atoms with Crippen molar-refractivity contribution in [1.82, 2.24) is 0 Å². The maximum Gasteiger partial charge on any atom is 0.227 e. The lowest BCUT2D eigenvalue weighted by molar-refractivity contribution is -0.123. The number of ether oxygens (including phenoxy) is 2. The molecule has 0 saturated carbocycles. The van der Waals surface area contributed by atoms with Crippen LogP contribution in [0.25, 0.3) is 0 Å². The van der Waals surface area contributed by atoms with Gasteiger partial charge < -0.3 is 20.1 Å². The fourth-order valence-corrected chi connectivity index (χ4v) is 2.14. The minimum Gasteiger partial charge on any atom is -0.497 e. The van der Waals surface area contributed by atoms with Crippen molar-refractivity contribution in [2.24, 2.45) is 11.7 Å². The van der Waals surface area contributed by atoms with Crippen LogP contribution in [0, 0.1) is 5.92 Å². The first-order valence-electron chi connectivity index (χ1n) is 5.88. The van der Waals surface area contributed by atoms with E-state index in [1.54, 1.807) is 25.3 Å². The third kappa shape index (κ3) is 2.47. The van der Waals surface area contributed by atoms with E-state index < -0.39 is 11.8 Å². The van der Waals surface area contributed by atoms with Crippen molar-refractivity contribution in [2.75, 3.05) is 25.7 Å². The number of primary amides is 1. The van der Waals surface area contributed by atoms with E-state index in [4.69, 9.17) is 15.2 Å². The Labute approximate surface area is 111 Å². The van der Waals surface area contributed by atoms with E-state index in [2.05, 4.69) is 0 Å². The van der Waals surface area contributed by atoms with Crippen LogP contribution in [-0.4, -0.2) is 32.6 Å². The maximum absolute atomic E-state index is 11.9. The first-order valence-corrected chi connectivity index (χ1v) is 5.88. The van der Waals surface area contributed by atoms with E-state index in [1.165, 1.54) is 12.0 Å². The van der Waals surface area contributed by atoms with Gasteiger partial charge in [0.05, 0.1) is 25.8 Å². The number of anilines is 1. The zero-order valence-electron chi connectivity index (χ0n) is 10.9. The molecule has 0 aromatic heterocycles. The predicted octanol–water partition coefficient (Wildman–Crippen LogP) is 0.542. The zero-order chi connectivity index (χ0) is 14.0. The summed E-state index contributed by atoms with van der Waals surface area (Å²) in [5.74, 6) is 0.131. The van der Waals surface area contributed by atoms with Crippen LogP contribution >= 0.6 is 0 Å². The average molecular weight is 264 g/mol. The van der Waals surface area contributed by atoms with Crippen molar-refractivity contribution in [3.05, 3.63) is 18.2 Å². The number of carbonyl (C=O) groups excluding carboxylic acids is 2. The fourth-order valence-electron chi connectivity index (χ4n) is 2.14. The Bertz CT molecular complexity index is 515. The molecule has 1 aromatic rings. The van der Waals surface area contributed by atoms with E-state index in [0.717, 1.165) is 0 Å². The number of methoxy groups -OCH3 is 2. The van der Waals surface area contributed by atoms with Crippen LogP contribution in [0.2, 0.25) is 0 Å². The largest absolute Gasteiger partial charge is 0.497 e. The Morgan fingerprint density at radius 1 is 1.37 bits per heavy atom. The molecule has 0 radical (unpaired) electrons. The number of nitrogens with two attached hydrogens (primary N) is 1. The van der Waals surface area contributed by atoms with Gasteiger partial charge in [-0.1, -0.05) is 0 Å². The minimum absolute atomic E-state index is 0.132. The molecule has 6 heteroatoms. The second-order valence-electron chi connectivity index (χ2n) is 4.35. The molecule has 19 heavy (non-hydrogen) atoms. The van der Waals surface area contributed by atoms with Crippen LogP contribution in [0.15, 0.2) is 18.2 Å². The van der Waals surface area contributed by atoms with Gasteiger partial charge >= 0.3 is 0 Å². The number of rotatable bonds is 4. The summed E-state index contributed by atoms with van der Waals surface area (Å²) in [6.45, 7) is 0.289. The van der Waals surface area contributed by atoms with Gasteiger partial charge in [0.1, 0.15) is 11.5 Å². The molecule has 6 nitrogen and oxygen atoms in total. The van der Waals surface area contributed by atoms with E-state index in [-0.39, 0.29) is 18.9 Å². The molecule has 102 valence electrons. The summed E-state index contributed by atoms with van der Waals surface area (Å²) in [5, 5.41) is 0. The van der Waals surface area contributed by atoms with Gasteiger partial charge in [0.2, 0.25) is 11.8 Å². The molecular formula is C13H16N2O4. The Balaban J connectivity index is 2.31. The van der Waals surface area contributed by atoms with Crippen LogP contribution in [0.1, 0.15) is 6.42 Å². The number of benzene rings is 1. The van der Waals surface area contributed by atoms with E-state index >= 15 is 0 Å². The summed E-state index contributed by atoms with van der Waals surface area (Å²) in [6, 6.07) is 5.17. The topological polar surface area (TPSA) is 81.9 Å². The van der Waals surface area contributed by atoms with Crippen molar-refractivity contribution in [3.8, 4) is 11.5 Å². The molecule has 1 aromatic carbocycles. The van der Waals surface area contributed by atoms with Crippen LogP contribution in [-0.2, 0) is 9.59 Å². The normalized spacial score (nSPS) is 18.5. The highest BCUT2D eigenvalue weighted by molar-refractivity contribution is 6.01. The SMILES string of the molecule is COc1ccc(N2C[C@H](C(N)=O)CC2=O)c(OC)c1. The summed E-state index contributed by atoms with van der Waals surface area (Å²) in [7, 11) is 3.07. The van der Waals surface area contributed by atoms with E-state index in [1.807, 2.05) is 0 Å². The molecule has 1 heterocycles. The van der Waals surface area contributed by atoms with Gasteiger partial charge in [-0.3, -0.25) is 9.59 Å². The predicted molar refractivity (Wildman–Crippen MR) is 69.2 cm³/mol. The van der Waals surface area contributed by atoms with E-state index in [0.29, 0.717) is 17.2 Å². The second kappa shape index (κ2) is 5.17. The standard InChI is InChI=1S/C13H16N2O4/c1-18-9-3-4-10(11(6-9)19-2)15-7-8(13(14)17)5-12(15)16/h3-4,6,8H,5,7H2,1-2H3,(H2,14,17)/t8-/m1/s1. The quantitative estimate of drug-likeness (QED) is 0.860. The Hall–Kier alpha value is -2.24. The first-order chi connectivity index (χ1) is 9.06. The van der Waals surface area contributed by atoms with Crippen molar-refractivity contribution >= 4 is 17.5 Å². The van der Waals surface area contributed by atoms with Gasteiger partial charge in [0.25, 0.3) is 0 Å². The van der Waals surface area contributed by atoms with Crippen molar-refractivity contribution < 1.29 is 19.1 Å².